The molecule has 25 heavy (non-hydrogen) atoms. The maximum atomic E-state index is 6.31. The van der Waals surface area contributed by atoms with E-state index < -0.39 is 0 Å². The van der Waals surface area contributed by atoms with Gasteiger partial charge in [0.25, 0.3) is 0 Å². The molecule has 1 spiro atoms. The Labute approximate surface area is 149 Å². The quantitative estimate of drug-likeness (QED) is 0.792. The minimum absolute atomic E-state index is 0.0952. The summed E-state index contributed by atoms with van der Waals surface area (Å²) in [4.78, 5) is 4.76. The van der Waals surface area contributed by atoms with Crippen LogP contribution in [0.25, 0.3) is 0 Å². The fourth-order valence-corrected chi connectivity index (χ4v) is 4.73. The van der Waals surface area contributed by atoms with E-state index in [1.165, 1.54) is 31.4 Å². The van der Waals surface area contributed by atoms with Gasteiger partial charge in [-0.1, -0.05) is 18.9 Å². The van der Waals surface area contributed by atoms with Crippen molar-refractivity contribution in [2.75, 3.05) is 13.2 Å². The molecular weight excluding hydrogens is 312 g/mol. The fourth-order valence-electron chi connectivity index (χ4n) is 4.73. The van der Waals surface area contributed by atoms with Crippen molar-refractivity contribution < 1.29 is 4.74 Å². The Hall–Kier alpha value is -1.72. The maximum Gasteiger partial charge on any atom is 0.0759 e. The van der Waals surface area contributed by atoms with Gasteiger partial charge in [0, 0.05) is 36.7 Å². The zero-order valence-electron chi connectivity index (χ0n) is 14.8. The number of ether oxygens (including phenoxy) is 1. The molecule has 0 radical (unpaired) electrons. The molecule has 2 fully saturated rings. The lowest BCUT2D eigenvalue weighted by atomic mass is 9.68. The van der Waals surface area contributed by atoms with E-state index in [0.29, 0.717) is 0 Å². The number of rotatable bonds is 6. The van der Waals surface area contributed by atoms with E-state index in [-0.39, 0.29) is 11.0 Å². The molecule has 4 rings (SSSR count). The predicted molar refractivity (Wildman–Crippen MR) is 97.2 cm³/mol. The van der Waals surface area contributed by atoms with Gasteiger partial charge in [-0.05, 0) is 56.8 Å². The Morgan fingerprint density at radius 2 is 2.08 bits per heavy atom. The lowest BCUT2D eigenvalue weighted by molar-refractivity contribution is -0.104. The average molecular weight is 340 g/mol. The van der Waals surface area contributed by atoms with E-state index in [1.54, 1.807) is 0 Å². The number of aromatic amines is 1. The van der Waals surface area contributed by atoms with Crippen molar-refractivity contribution in [2.24, 2.45) is 0 Å². The van der Waals surface area contributed by atoms with Gasteiger partial charge in [-0.2, -0.15) is 5.10 Å². The summed E-state index contributed by atoms with van der Waals surface area (Å²) in [5, 5.41) is 10.6. The van der Waals surface area contributed by atoms with Crippen molar-refractivity contribution >= 4 is 0 Å². The lowest BCUT2D eigenvalue weighted by Gasteiger charge is -2.46. The molecule has 5 heteroatoms. The van der Waals surface area contributed by atoms with Crippen LogP contribution in [0.5, 0.6) is 0 Å². The molecule has 2 aromatic rings. The molecule has 1 aliphatic heterocycles. The second kappa shape index (κ2) is 7.26. The molecule has 134 valence electrons. The Bertz CT molecular complexity index is 652. The fraction of sp³-hybridized carbons (Fsp3) is 0.600. The molecule has 5 nitrogen and oxygen atoms in total. The van der Waals surface area contributed by atoms with E-state index in [4.69, 9.17) is 9.72 Å². The molecule has 0 bridgehead atoms. The van der Waals surface area contributed by atoms with Gasteiger partial charge in [0.2, 0.25) is 0 Å². The van der Waals surface area contributed by atoms with Crippen molar-refractivity contribution in [3.8, 4) is 0 Å². The highest BCUT2D eigenvalue weighted by molar-refractivity contribution is 5.20. The highest BCUT2D eigenvalue weighted by atomic mass is 16.5. The topological polar surface area (TPSA) is 62.8 Å². The van der Waals surface area contributed by atoms with Gasteiger partial charge in [0.05, 0.1) is 11.3 Å². The van der Waals surface area contributed by atoms with Gasteiger partial charge in [0.1, 0.15) is 0 Å². The van der Waals surface area contributed by atoms with Crippen LogP contribution in [0.1, 0.15) is 56.3 Å². The molecule has 0 amide bonds. The third kappa shape index (κ3) is 3.62. The summed E-state index contributed by atoms with van der Waals surface area (Å²) in [6, 6.07) is 8.36. The van der Waals surface area contributed by atoms with E-state index in [1.807, 2.05) is 24.5 Å². The van der Waals surface area contributed by atoms with Crippen molar-refractivity contribution in [2.45, 2.75) is 62.5 Å². The van der Waals surface area contributed by atoms with Crippen molar-refractivity contribution in [3.05, 3.63) is 48.0 Å². The monoisotopic (exact) mass is 340 g/mol. The SMILES string of the molecule is c1ccc(C2(CCNCc3cc[nH]n3)CCOC3(CCCC3)C2)nc1. The van der Waals surface area contributed by atoms with Crippen molar-refractivity contribution in [1.29, 1.82) is 0 Å². The summed E-state index contributed by atoms with van der Waals surface area (Å²) in [5.41, 5.74) is 2.53. The van der Waals surface area contributed by atoms with Crippen LogP contribution in [-0.4, -0.2) is 33.9 Å². The van der Waals surface area contributed by atoms with Gasteiger partial charge < -0.3 is 10.1 Å². The number of hydrogen-bond acceptors (Lipinski definition) is 4. The van der Waals surface area contributed by atoms with Gasteiger partial charge in [0.15, 0.2) is 0 Å². The first-order chi connectivity index (χ1) is 12.3. The molecule has 2 aromatic heterocycles. The minimum Gasteiger partial charge on any atom is -0.375 e. The number of H-pyrrole nitrogens is 1. The first-order valence-electron chi connectivity index (χ1n) is 9.55. The third-order valence-electron chi connectivity index (χ3n) is 6.02. The largest absolute Gasteiger partial charge is 0.375 e. The molecule has 1 aliphatic carbocycles. The Kier molecular flexibility index (Phi) is 4.86. The van der Waals surface area contributed by atoms with Crippen LogP contribution in [0.2, 0.25) is 0 Å². The molecule has 2 aliphatic rings. The van der Waals surface area contributed by atoms with Gasteiger partial charge in [-0.3, -0.25) is 10.1 Å². The van der Waals surface area contributed by atoms with Crippen LogP contribution < -0.4 is 5.32 Å². The van der Waals surface area contributed by atoms with E-state index in [2.05, 4.69) is 27.6 Å². The van der Waals surface area contributed by atoms with Crippen LogP contribution in [0.15, 0.2) is 36.7 Å². The first kappa shape index (κ1) is 16.7. The van der Waals surface area contributed by atoms with Crippen LogP contribution >= 0.6 is 0 Å². The summed E-state index contributed by atoms with van der Waals surface area (Å²) in [5.74, 6) is 0. The van der Waals surface area contributed by atoms with Crippen LogP contribution in [-0.2, 0) is 16.7 Å². The van der Waals surface area contributed by atoms with E-state index in [9.17, 15) is 0 Å². The smallest absolute Gasteiger partial charge is 0.0759 e. The molecule has 0 aromatic carbocycles. The standard InChI is InChI=1S/C20H28N4O/c1-4-11-22-18(5-1)19(9-13-21-15-17-6-12-23-24-17)10-14-25-20(16-19)7-2-3-8-20/h1,4-6,11-12,21H,2-3,7-10,13-16H2,(H,23,24). The number of nitrogens with one attached hydrogen (secondary N) is 2. The third-order valence-corrected chi connectivity index (χ3v) is 6.02. The summed E-state index contributed by atoms with van der Waals surface area (Å²) >= 11 is 0. The van der Waals surface area contributed by atoms with Crippen molar-refractivity contribution in [3.63, 3.8) is 0 Å². The second-order valence-corrected chi connectivity index (χ2v) is 7.65. The lowest BCUT2D eigenvalue weighted by Crippen LogP contribution is -2.47. The number of pyridine rings is 1. The van der Waals surface area contributed by atoms with Crippen molar-refractivity contribution in [1.82, 2.24) is 20.5 Å². The molecular formula is C20H28N4O. The first-order valence-corrected chi connectivity index (χ1v) is 9.55. The van der Waals surface area contributed by atoms with Crippen LogP contribution in [0, 0.1) is 0 Å². The Morgan fingerprint density at radius 1 is 1.16 bits per heavy atom. The van der Waals surface area contributed by atoms with E-state index >= 15 is 0 Å². The second-order valence-electron chi connectivity index (χ2n) is 7.65. The summed E-state index contributed by atoms with van der Waals surface area (Å²) in [6.07, 6.45) is 12.1. The van der Waals surface area contributed by atoms with Crippen LogP contribution in [0.3, 0.4) is 0 Å². The van der Waals surface area contributed by atoms with E-state index in [0.717, 1.165) is 44.7 Å². The van der Waals surface area contributed by atoms with Gasteiger partial charge in [-0.25, -0.2) is 0 Å². The van der Waals surface area contributed by atoms with Gasteiger partial charge in [-0.15, -0.1) is 0 Å². The number of aromatic nitrogens is 3. The normalized spacial score (nSPS) is 25.4. The predicted octanol–water partition coefficient (Wildman–Crippen LogP) is 3.35. The zero-order valence-corrected chi connectivity index (χ0v) is 14.8. The minimum atomic E-state index is 0.0952. The molecule has 1 saturated carbocycles. The molecule has 1 unspecified atom stereocenters. The molecule has 1 saturated heterocycles. The number of hydrogen-bond donors (Lipinski definition) is 2. The Balaban J connectivity index is 1.48. The summed E-state index contributed by atoms with van der Waals surface area (Å²) in [7, 11) is 0. The maximum absolute atomic E-state index is 6.31. The molecule has 1 atom stereocenters. The highest BCUT2D eigenvalue weighted by Crippen LogP contribution is 2.49. The molecule has 2 N–H and O–H groups in total. The zero-order chi connectivity index (χ0) is 17.0. The summed E-state index contributed by atoms with van der Waals surface area (Å²) < 4.78 is 6.31. The van der Waals surface area contributed by atoms with Crippen LogP contribution in [0.4, 0.5) is 0 Å². The molecule has 3 heterocycles. The Morgan fingerprint density at radius 3 is 2.84 bits per heavy atom. The van der Waals surface area contributed by atoms with Gasteiger partial charge >= 0.3 is 0 Å². The number of nitrogens with zero attached hydrogens (tertiary/aromatic N) is 2. The summed E-state index contributed by atoms with van der Waals surface area (Å²) in [6.45, 7) is 2.64. The highest BCUT2D eigenvalue weighted by Gasteiger charge is 2.48. The average Bonchev–Trinajstić information content (AvgIpc) is 3.32.